The first-order valence-corrected chi connectivity index (χ1v) is 8.12. The third-order valence-electron chi connectivity index (χ3n) is 3.42. The normalized spacial score (nSPS) is 15.8. The van der Waals surface area contributed by atoms with E-state index >= 15 is 0 Å². The Morgan fingerprint density at radius 2 is 2.10 bits per heavy atom. The second kappa shape index (κ2) is 5.42. The molecule has 0 unspecified atom stereocenters. The molecule has 4 nitrogen and oxygen atoms in total. The Hall–Kier alpha value is -0.980. The maximum absolute atomic E-state index is 12.6. The van der Waals surface area contributed by atoms with Gasteiger partial charge in [0.25, 0.3) is 5.91 Å². The second-order valence-electron chi connectivity index (χ2n) is 4.91. The SMILES string of the molecule is Cc1cc(C)c2c(Br)c(C(=O)N3CCOCC3)sc2n1. The number of pyridine rings is 1. The van der Waals surface area contributed by atoms with Crippen LogP contribution in [0.15, 0.2) is 10.5 Å². The van der Waals surface area contributed by atoms with Gasteiger partial charge in [0.2, 0.25) is 0 Å². The monoisotopic (exact) mass is 354 g/mol. The average Bonchev–Trinajstić information content (AvgIpc) is 2.76. The molecule has 0 bridgehead atoms. The summed E-state index contributed by atoms with van der Waals surface area (Å²) in [6.45, 7) is 6.58. The van der Waals surface area contributed by atoms with Gasteiger partial charge in [0, 0.05) is 24.2 Å². The van der Waals surface area contributed by atoms with Gasteiger partial charge < -0.3 is 9.64 Å². The smallest absolute Gasteiger partial charge is 0.265 e. The zero-order chi connectivity index (χ0) is 14.3. The molecule has 0 atom stereocenters. The van der Waals surface area contributed by atoms with Crippen LogP contribution in [0.2, 0.25) is 0 Å². The zero-order valence-corrected chi connectivity index (χ0v) is 13.8. The van der Waals surface area contributed by atoms with Crippen LogP contribution in [0.3, 0.4) is 0 Å². The van der Waals surface area contributed by atoms with Crippen LogP contribution in [0, 0.1) is 13.8 Å². The molecular formula is C14H15BrN2O2S. The van der Waals surface area contributed by atoms with Crippen molar-refractivity contribution < 1.29 is 9.53 Å². The van der Waals surface area contributed by atoms with Gasteiger partial charge in [-0.2, -0.15) is 0 Å². The van der Waals surface area contributed by atoms with Crippen LogP contribution in [0.5, 0.6) is 0 Å². The third-order valence-corrected chi connectivity index (χ3v) is 5.55. The Morgan fingerprint density at radius 3 is 2.80 bits per heavy atom. The van der Waals surface area contributed by atoms with E-state index in [-0.39, 0.29) is 5.91 Å². The lowest BCUT2D eigenvalue weighted by Gasteiger charge is -2.26. The topological polar surface area (TPSA) is 42.4 Å². The predicted molar refractivity (Wildman–Crippen MR) is 83.5 cm³/mol. The van der Waals surface area contributed by atoms with Crippen LogP contribution in [-0.4, -0.2) is 42.1 Å². The number of hydrogen-bond donors (Lipinski definition) is 0. The highest BCUT2D eigenvalue weighted by Gasteiger charge is 2.24. The van der Waals surface area contributed by atoms with Crippen LogP contribution >= 0.6 is 27.3 Å². The van der Waals surface area contributed by atoms with E-state index in [1.807, 2.05) is 17.9 Å². The molecule has 1 aliphatic rings. The fraction of sp³-hybridized carbons (Fsp3) is 0.429. The molecule has 3 heterocycles. The van der Waals surface area contributed by atoms with E-state index in [1.165, 1.54) is 11.3 Å². The Morgan fingerprint density at radius 1 is 1.40 bits per heavy atom. The fourth-order valence-corrected chi connectivity index (χ4v) is 4.65. The number of halogens is 1. The van der Waals surface area contributed by atoms with Gasteiger partial charge in [-0.1, -0.05) is 0 Å². The molecule has 2 aromatic rings. The van der Waals surface area contributed by atoms with Crippen molar-refractivity contribution in [3.8, 4) is 0 Å². The van der Waals surface area contributed by atoms with Crippen LogP contribution in [-0.2, 0) is 4.74 Å². The highest BCUT2D eigenvalue weighted by molar-refractivity contribution is 9.10. The Balaban J connectivity index is 2.05. The quantitative estimate of drug-likeness (QED) is 0.789. The van der Waals surface area contributed by atoms with Gasteiger partial charge in [-0.05, 0) is 41.4 Å². The second-order valence-corrected chi connectivity index (χ2v) is 6.70. The fourth-order valence-electron chi connectivity index (χ4n) is 2.45. The molecule has 0 N–H and O–H groups in total. The number of aromatic nitrogens is 1. The molecule has 1 aliphatic heterocycles. The van der Waals surface area contributed by atoms with Crippen molar-refractivity contribution >= 4 is 43.4 Å². The van der Waals surface area contributed by atoms with Crippen molar-refractivity contribution in [1.29, 1.82) is 0 Å². The summed E-state index contributed by atoms with van der Waals surface area (Å²) in [4.78, 5) is 20.7. The Kier molecular flexibility index (Phi) is 3.79. The summed E-state index contributed by atoms with van der Waals surface area (Å²) in [7, 11) is 0. The Bertz CT molecular complexity index is 677. The van der Waals surface area contributed by atoms with E-state index in [0.29, 0.717) is 26.3 Å². The number of fused-ring (bicyclic) bond motifs is 1. The number of carbonyl (C=O) groups is 1. The maximum atomic E-state index is 12.6. The first-order chi connectivity index (χ1) is 9.58. The van der Waals surface area contributed by atoms with E-state index < -0.39 is 0 Å². The predicted octanol–water partition coefficient (Wildman–Crippen LogP) is 3.15. The number of hydrogen-bond acceptors (Lipinski definition) is 4. The van der Waals surface area contributed by atoms with Crippen LogP contribution in [0.25, 0.3) is 10.2 Å². The van der Waals surface area contributed by atoms with Gasteiger partial charge in [-0.25, -0.2) is 4.98 Å². The number of aryl methyl sites for hydroxylation is 2. The summed E-state index contributed by atoms with van der Waals surface area (Å²) < 4.78 is 6.17. The van der Waals surface area contributed by atoms with Gasteiger partial charge in [0.1, 0.15) is 9.71 Å². The van der Waals surface area contributed by atoms with Crippen LogP contribution in [0.4, 0.5) is 0 Å². The summed E-state index contributed by atoms with van der Waals surface area (Å²) >= 11 is 5.05. The minimum atomic E-state index is 0.0697. The molecule has 0 radical (unpaired) electrons. The summed E-state index contributed by atoms with van der Waals surface area (Å²) in [5.41, 5.74) is 2.13. The molecule has 1 saturated heterocycles. The standard InChI is InChI=1S/C14H15BrN2O2S/c1-8-7-9(2)16-13-10(8)11(15)12(20-13)14(18)17-3-5-19-6-4-17/h7H,3-6H2,1-2H3. The zero-order valence-electron chi connectivity index (χ0n) is 11.4. The van der Waals surface area contributed by atoms with E-state index in [9.17, 15) is 4.79 Å². The van der Waals surface area contributed by atoms with Crippen molar-refractivity contribution in [3.63, 3.8) is 0 Å². The van der Waals surface area contributed by atoms with Gasteiger partial charge in [0.05, 0.1) is 17.7 Å². The molecule has 20 heavy (non-hydrogen) atoms. The lowest BCUT2D eigenvalue weighted by atomic mass is 10.2. The minimum Gasteiger partial charge on any atom is -0.378 e. The van der Waals surface area contributed by atoms with Crippen LogP contribution < -0.4 is 0 Å². The first-order valence-electron chi connectivity index (χ1n) is 6.51. The van der Waals surface area contributed by atoms with Gasteiger partial charge in [-0.15, -0.1) is 11.3 Å². The van der Waals surface area contributed by atoms with E-state index in [2.05, 4.69) is 27.8 Å². The average molecular weight is 355 g/mol. The molecule has 0 aromatic carbocycles. The minimum absolute atomic E-state index is 0.0697. The number of carbonyl (C=O) groups excluding carboxylic acids is 1. The molecule has 1 amide bonds. The molecule has 0 aliphatic carbocycles. The van der Waals surface area contributed by atoms with E-state index in [0.717, 1.165) is 30.8 Å². The molecule has 6 heteroatoms. The third kappa shape index (κ3) is 2.36. The lowest BCUT2D eigenvalue weighted by molar-refractivity contribution is 0.0305. The number of amides is 1. The summed E-state index contributed by atoms with van der Waals surface area (Å²) in [6, 6.07) is 2.04. The highest BCUT2D eigenvalue weighted by Crippen LogP contribution is 2.37. The number of rotatable bonds is 1. The number of ether oxygens (including phenoxy) is 1. The largest absolute Gasteiger partial charge is 0.378 e. The highest BCUT2D eigenvalue weighted by atomic mass is 79.9. The van der Waals surface area contributed by atoms with Gasteiger partial charge in [-0.3, -0.25) is 4.79 Å². The van der Waals surface area contributed by atoms with Crippen molar-refractivity contribution in [3.05, 3.63) is 26.7 Å². The van der Waals surface area contributed by atoms with Crippen molar-refractivity contribution in [1.82, 2.24) is 9.88 Å². The molecule has 3 rings (SSSR count). The lowest BCUT2D eigenvalue weighted by Crippen LogP contribution is -2.40. The summed E-state index contributed by atoms with van der Waals surface area (Å²) in [6.07, 6.45) is 0. The molecule has 106 valence electrons. The van der Waals surface area contributed by atoms with E-state index in [1.54, 1.807) is 0 Å². The van der Waals surface area contributed by atoms with Gasteiger partial charge in [0.15, 0.2) is 0 Å². The number of nitrogens with zero attached hydrogens (tertiary/aromatic N) is 2. The molecular weight excluding hydrogens is 340 g/mol. The molecule has 1 fully saturated rings. The van der Waals surface area contributed by atoms with Crippen molar-refractivity contribution in [2.24, 2.45) is 0 Å². The number of thiophene rings is 1. The molecule has 0 spiro atoms. The van der Waals surface area contributed by atoms with Crippen LogP contribution in [0.1, 0.15) is 20.9 Å². The maximum Gasteiger partial charge on any atom is 0.265 e. The van der Waals surface area contributed by atoms with Crippen molar-refractivity contribution in [2.75, 3.05) is 26.3 Å². The Labute approximate surface area is 129 Å². The summed E-state index contributed by atoms with van der Waals surface area (Å²) in [5, 5.41) is 1.05. The molecule has 2 aromatic heterocycles. The first kappa shape index (κ1) is 14.0. The van der Waals surface area contributed by atoms with Gasteiger partial charge >= 0.3 is 0 Å². The van der Waals surface area contributed by atoms with Crippen molar-refractivity contribution in [2.45, 2.75) is 13.8 Å². The molecule has 0 saturated carbocycles. The number of morpholine rings is 1. The summed E-state index contributed by atoms with van der Waals surface area (Å²) in [5.74, 6) is 0.0697. The van der Waals surface area contributed by atoms with E-state index in [4.69, 9.17) is 4.74 Å².